The molecule has 0 radical (unpaired) electrons. The number of hydroxylamine groups is 1. The third kappa shape index (κ3) is 2.98. The van der Waals surface area contributed by atoms with E-state index in [-0.39, 0.29) is 11.8 Å². The molecule has 2 fully saturated rings. The molecule has 0 saturated carbocycles. The van der Waals surface area contributed by atoms with Gasteiger partial charge in [-0.1, -0.05) is 65.7 Å². The molecule has 2 amide bonds. The standard InChI is InChI=1S/C23H16Cl2N2O3/c24-14-11-12-17(18(25)13-14)20-19-21(30-27(20)16-9-5-2-6-10-16)23(29)26(22(19)28)15-7-3-1-4-8-15/h1-13,19-21H/t19-,20-,21-/m0/s1. The molecule has 30 heavy (non-hydrogen) atoms. The monoisotopic (exact) mass is 438 g/mol. The second kappa shape index (κ2) is 7.43. The number of carbonyl (C=O) groups excluding carboxylic acids is 2. The molecule has 150 valence electrons. The van der Waals surface area contributed by atoms with E-state index in [1.165, 1.54) is 4.90 Å². The molecule has 2 saturated heterocycles. The van der Waals surface area contributed by atoms with Gasteiger partial charge < -0.3 is 0 Å². The number of fused-ring (bicyclic) bond motifs is 1. The fourth-order valence-corrected chi connectivity index (χ4v) is 4.62. The van der Waals surface area contributed by atoms with Gasteiger partial charge in [-0.25, -0.2) is 9.96 Å². The van der Waals surface area contributed by atoms with Crippen molar-refractivity contribution >= 4 is 46.4 Å². The van der Waals surface area contributed by atoms with Crippen LogP contribution in [0.3, 0.4) is 0 Å². The number of imide groups is 1. The summed E-state index contributed by atoms with van der Waals surface area (Å²) in [5.41, 5.74) is 1.93. The second-order valence-corrected chi connectivity index (χ2v) is 8.01. The van der Waals surface area contributed by atoms with E-state index < -0.39 is 18.1 Å². The van der Waals surface area contributed by atoms with E-state index in [0.717, 1.165) is 5.69 Å². The molecular formula is C23H16Cl2N2O3. The molecular weight excluding hydrogens is 423 g/mol. The highest BCUT2D eigenvalue weighted by Crippen LogP contribution is 2.49. The van der Waals surface area contributed by atoms with Crippen LogP contribution in [0.25, 0.3) is 0 Å². The summed E-state index contributed by atoms with van der Waals surface area (Å²) in [6.07, 6.45) is -0.936. The van der Waals surface area contributed by atoms with Crippen molar-refractivity contribution < 1.29 is 14.4 Å². The fourth-order valence-electron chi connectivity index (χ4n) is 4.10. The Labute approximate surface area is 183 Å². The minimum Gasteiger partial charge on any atom is -0.273 e. The van der Waals surface area contributed by atoms with Crippen molar-refractivity contribution in [3.8, 4) is 0 Å². The van der Waals surface area contributed by atoms with Gasteiger partial charge in [-0.05, 0) is 42.0 Å². The van der Waals surface area contributed by atoms with Crippen LogP contribution in [0.2, 0.25) is 10.0 Å². The maximum absolute atomic E-state index is 13.5. The number of amides is 2. The van der Waals surface area contributed by atoms with Crippen LogP contribution in [0.4, 0.5) is 11.4 Å². The molecule has 3 atom stereocenters. The van der Waals surface area contributed by atoms with Crippen LogP contribution in [0.5, 0.6) is 0 Å². The van der Waals surface area contributed by atoms with Gasteiger partial charge in [0.1, 0.15) is 5.92 Å². The molecule has 0 N–H and O–H groups in total. The van der Waals surface area contributed by atoms with E-state index in [0.29, 0.717) is 21.3 Å². The summed E-state index contributed by atoms with van der Waals surface area (Å²) in [5, 5.41) is 2.52. The summed E-state index contributed by atoms with van der Waals surface area (Å²) >= 11 is 12.6. The van der Waals surface area contributed by atoms with E-state index >= 15 is 0 Å². The number of anilines is 2. The Morgan fingerprint density at radius 3 is 2.03 bits per heavy atom. The minimum absolute atomic E-state index is 0.314. The SMILES string of the molecule is O=C1[C@@H]2[C@H](ON(c3ccccc3)[C@H]2c2ccc(Cl)cc2Cl)C(=O)N1c1ccccc1. The number of halogens is 2. The summed E-state index contributed by atoms with van der Waals surface area (Å²) in [7, 11) is 0. The first-order valence-corrected chi connectivity index (χ1v) is 10.2. The topological polar surface area (TPSA) is 49.9 Å². The first-order valence-electron chi connectivity index (χ1n) is 9.45. The molecule has 0 aromatic heterocycles. The molecule has 2 aliphatic rings. The van der Waals surface area contributed by atoms with E-state index in [1.807, 2.05) is 36.4 Å². The van der Waals surface area contributed by atoms with Gasteiger partial charge in [0.2, 0.25) is 5.91 Å². The van der Waals surface area contributed by atoms with Crippen LogP contribution in [0.1, 0.15) is 11.6 Å². The van der Waals surface area contributed by atoms with Gasteiger partial charge >= 0.3 is 0 Å². The highest BCUT2D eigenvalue weighted by Gasteiger charge is 2.60. The lowest BCUT2D eigenvalue weighted by molar-refractivity contribution is -0.126. The first kappa shape index (κ1) is 19.1. The van der Waals surface area contributed by atoms with Gasteiger partial charge in [-0.2, -0.15) is 0 Å². The average Bonchev–Trinajstić information content (AvgIpc) is 3.26. The zero-order valence-corrected chi connectivity index (χ0v) is 17.1. The number of hydrogen-bond donors (Lipinski definition) is 0. The number of nitrogens with zero attached hydrogens (tertiary/aromatic N) is 2. The molecule has 7 heteroatoms. The van der Waals surface area contributed by atoms with Gasteiger partial charge in [0.05, 0.1) is 17.4 Å². The number of carbonyl (C=O) groups is 2. The molecule has 2 heterocycles. The third-order valence-corrected chi connectivity index (χ3v) is 5.98. The van der Waals surface area contributed by atoms with E-state index in [4.69, 9.17) is 28.0 Å². The Bertz CT molecular complexity index is 1120. The van der Waals surface area contributed by atoms with Crippen LogP contribution in [0, 0.1) is 5.92 Å². The Kier molecular flexibility index (Phi) is 4.74. The Balaban J connectivity index is 1.62. The van der Waals surface area contributed by atoms with Crippen molar-refractivity contribution in [2.75, 3.05) is 9.96 Å². The maximum Gasteiger partial charge on any atom is 0.266 e. The molecule has 3 aromatic carbocycles. The number of benzene rings is 3. The summed E-state index contributed by atoms with van der Waals surface area (Å²) in [5.74, 6) is -1.44. The van der Waals surface area contributed by atoms with Crippen molar-refractivity contribution in [1.29, 1.82) is 0 Å². The van der Waals surface area contributed by atoms with Gasteiger partial charge in [0.25, 0.3) is 5.91 Å². The van der Waals surface area contributed by atoms with Crippen molar-refractivity contribution in [3.63, 3.8) is 0 Å². The quantitative estimate of drug-likeness (QED) is 0.537. The Morgan fingerprint density at radius 2 is 1.40 bits per heavy atom. The van der Waals surface area contributed by atoms with Gasteiger partial charge in [-0.3, -0.25) is 14.4 Å². The number of hydrogen-bond acceptors (Lipinski definition) is 4. The number of para-hydroxylation sites is 2. The predicted molar refractivity (Wildman–Crippen MR) is 115 cm³/mol. The molecule has 2 aliphatic heterocycles. The Hall–Kier alpha value is -2.86. The largest absolute Gasteiger partial charge is 0.273 e. The second-order valence-electron chi connectivity index (χ2n) is 7.17. The van der Waals surface area contributed by atoms with Crippen molar-refractivity contribution in [2.45, 2.75) is 12.1 Å². The lowest BCUT2D eigenvalue weighted by Gasteiger charge is -2.29. The first-order chi connectivity index (χ1) is 14.6. The van der Waals surface area contributed by atoms with Crippen molar-refractivity contribution in [2.24, 2.45) is 5.92 Å². The van der Waals surface area contributed by atoms with Crippen LogP contribution in [0.15, 0.2) is 78.9 Å². The van der Waals surface area contributed by atoms with E-state index in [2.05, 4.69) is 0 Å². The highest BCUT2D eigenvalue weighted by atomic mass is 35.5. The van der Waals surface area contributed by atoms with Crippen LogP contribution in [-0.4, -0.2) is 17.9 Å². The summed E-state index contributed by atoms with van der Waals surface area (Å²) in [6, 6.07) is 22.8. The smallest absolute Gasteiger partial charge is 0.266 e. The Morgan fingerprint density at radius 1 is 0.767 bits per heavy atom. The van der Waals surface area contributed by atoms with E-state index in [9.17, 15) is 9.59 Å². The molecule has 5 rings (SSSR count). The molecule has 5 nitrogen and oxygen atoms in total. The molecule has 0 spiro atoms. The zero-order chi connectivity index (χ0) is 20.8. The lowest BCUT2D eigenvalue weighted by atomic mass is 9.90. The molecule has 3 aromatic rings. The van der Waals surface area contributed by atoms with Crippen LogP contribution >= 0.6 is 23.2 Å². The van der Waals surface area contributed by atoms with Gasteiger partial charge in [0.15, 0.2) is 6.10 Å². The molecule has 0 bridgehead atoms. The van der Waals surface area contributed by atoms with Crippen molar-refractivity contribution in [3.05, 3.63) is 94.5 Å². The lowest BCUT2D eigenvalue weighted by Crippen LogP contribution is -2.37. The van der Waals surface area contributed by atoms with Gasteiger partial charge in [0, 0.05) is 10.0 Å². The summed E-state index contributed by atoms with van der Waals surface area (Å²) in [4.78, 5) is 33.9. The van der Waals surface area contributed by atoms with E-state index in [1.54, 1.807) is 47.5 Å². The number of rotatable bonds is 3. The van der Waals surface area contributed by atoms with Crippen molar-refractivity contribution in [1.82, 2.24) is 0 Å². The average molecular weight is 439 g/mol. The zero-order valence-electron chi connectivity index (χ0n) is 15.6. The van der Waals surface area contributed by atoms with Gasteiger partial charge in [-0.15, -0.1) is 0 Å². The normalized spacial score (nSPS) is 23.2. The minimum atomic E-state index is -0.936. The predicted octanol–water partition coefficient (Wildman–Crippen LogP) is 5.04. The summed E-state index contributed by atoms with van der Waals surface area (Å²) < 4.78 is 0. The van der Waals surface area contributed by atoms with Crippen LogP contribution < -0.4 is 9.96 Å². The third-order valence-electron chi connectivity index (χ3n) is 5.42. The summed E-state index contributed by atoms with van der Waals surface area (Å²) in [6.45, 7) is 0. The fraction of sp³-hybridized carbons (Fsp3) is 0.130. The molecule has 0 aliphatic carbocycles. The molecule has 0 unspecified atom stereocenters. The van der Waals surface area contributed by atoms with Crippen LogP contribution in [-0.2, 0) is 14.4 Å². The highest BCUT2D eigenvalue weighted by molar-refractivity contribution is 6.35. The maximum atomic E-state index is 13.5.